The van der Waals surface area contributed by atoms with Gasteiger partial charge in [-0.3, -0.25) is 4.79 Å². The van der Waals surface area contributed by atoms with E-state index in [0.717, 1.165) is 26.9 Å². The molecule has 3 nitrogen and oxygen atoms in total. The molecule has 0 saturated carbocycles. The first-order valence-electron chi connectivity index (χ1n) is 7.29. The molecule has 0 saturated heterocycles. The van der Waals surface area contributed by atoms with E-state index < -0.39 is 0 Å². The van der Waals surface area contributed by atoms with Crippen LogP contribution in [0.2, 0.25) is 5.02 Å². The van der Waals surface area contributed by atoms with Gasteiger partial charge >= 0.3 is 0 Å². The maximum atomic E-state index is 12.6. The summed E-state index contributed by atoms with van der Waals surface area (Å²) < 4.78 is 2.99. The minimum Gasteiger partial charge on any atom is -0.319 e. The normalized spacial score (nSPS) is 12.1. The molecule has 23 heavy (non-hydrogen) atoms. The molecule has 3 aromatic rings. The predicted octanol–water partition coefficient (Wildman–Crippen LogP) is 4.56. The molecule has 1 heterocycles. The van der Waals surface area contributed by atoms with Crippen LogP contribution < -0.4 is 4.80 Å². The van der Waals surface area contributed by atoms with Gasteiger partial charge in [-0.15, -0.1) is 0 Å². The number of hydrogen-bond donors (Lipinski definition) is 0. The lowest BCUT2D eigenvalue weighted by molar-refractivity contribution is 0.0997. The lowest BCUT2D eigenvalue weighted by Crippen LogP contribution is -2.14. The standard InChI is InChI=1S/C18H17ClN2OS/c1-10-5-6-11(2)14(7-10)17(22)20-18-21(4)16-12(3)8-13(19)9-15(16)23-18/h5-9H,1-4H3. The van der Waals surface area contributed by atoms with Crippen LogP contribution >= 0.6 is 22.9 Å². The third-order valence-corrected chi connectivity index (χ3v) is 5.17. The van der Waals surface area contributed by atoms with E-state index in [2.05, 4.69) is 4.99 Å². The lowest BCUT2D eigenvalue weighted by Gasteiger charge is -2.03. The third-order valence-electron chi connectivity index (χ3n) is 3.87. The fourth-order valence-electron chi connectivity index (χ4n) is 2.69. The zero-order valence-electron chi connectivity index (χ0n) is 13.5. The minimum atomic E-state index is -0.211. The van der Waals surface area contributed by atoms with Crippen molar-refractivity contribution < 1.29 is 4.79 Å². The summed E-state index contributed by atoms with van der Waals surface area (Å²) in [6.45, 7) is 5.91. The third kappa shape index (κ3) is 2.96. The molecule has 0 bridgehead atoms. The number of nitrogens with zero attached hydrogens (tertiary/aromatic N) is 2. The first-order valence-corrected chi connectivity index (χ1v) is 8.48. The van der Waals surface area contributed by atoms with Gasteiger partial charge in [-0.2, -0.15) is 4.99 Å². The van der Waals surface area contributed by atoms with Crippen molar-refractivity contribution >= 4 is 39.1 Å². The van der Waals surface area contributed by atoms with Gasteiger partial charge in [0, 0.05) is 17.6 Å². The molecule has 2 aromatic carbocycles. The number of hydrogen-bond acceptors (Lipinski definition) is 2. The van der Waals surface area contributed by atoms with Crippen LogP contribution in [0.15, 0.2) is 35.3 Å². The van der Waals surface area contributed by atoms with Gasteiger partial charge < -0.3 is 4.57 Å². The Bertz CT molecular complexity index is 998. The zero-order valence-corrected chi connectivity index (χ0v) is 15.0. The Morgan fingerprint density at radius 1 is 1.13 bits per heavy atom. The zero-order chi connectivity index (χ0) is 16.7. The van der Waals surface area contributed by atoms with Gasteiger partial charge in [0.05, 0.1) is 10.2 Å². The average molecular weight is 345 g/mol. The number of carbonyl (C=O) groups excluding carboxylic acids is 1. The monoisotopic (exact) mass is 344 g/mol. The first-order chi connectivity index (χ1) is 10.9. The fourth-order valence-corrected chi connectivity index (χ4v) is 4.16. The summed E-state index contributed by atoms with van der Waals surface area (Å²) in [5.41, 5.74) is 4.78. The topological polar surface area (TPSA) is 34.4 Å². The fraction of sp³-hybridized carbons (Fsp3) is 0.222. The van der Waals surface area contributed by atoms with E-state index in [9.17, 15) is 4.79 Å². The quantitative estimate of drug-likeness (QED) is 0.637. The maximum Gasteiger partial charge on any atom is 0.279 e. The van der Waals surface area contributed by atoms with Gasteiger partial charge in [0.25, 0.3) is 5.91 Å². The van der Waals surface area contributed by atoms with E-state index in [1.807, 2.05) is 62.7 Å². The lowest BCUT2D eigenvalue weighted by atomic mass is 10.1. The summed E-state index contributed by atoms with van der Waals surface area (Å²) in [6.07, 6.45) is 0. The molecule has 5 heteroatoms. The highest BCUT2D eigenvalue weighted by Gasteiger charge is 2.11. The Morgan fingerprint density at radius 2 is 1.87 bits per heavy atom. The highest BCUT2D eigenvalue weighted by Crippen LogP contribution is 2.25. The van der Waals surface area contributed by atoms with Gasteiger partial charge in [0.1, 0.15) is 0 Å². The Hall–Kier alpha value is -1.91. The van der Waals surface area contributed by atoms with E-state index >= 15 is 0 Å². The average Bonchev–Trinajstić information content (AvgIpc) is 2.77. The summed E-state index contributed by atoms with van der Waals surface area (Å²) >= 11 is 7.60. The smallest absolute Gasteiger partial charge is 0.279 e. The highest BCUT2D eigenvalue weighted by atomic mass is 35.5. The van der Waals surface area contributed by atoms with Crippen molar-refractivity contribution in [3.8, 4) is 0 Å². The van der Waals surface area contributed by atoms with Crippen molar-refractivity contribution in [2.75, 3.05) is 0 Å². The Morgan fingerprint density at radius 3 is 2.61 bits per heavy atom. The van der Waals surface area contributed by atoms with E-state index in [0.29, 0.717) is 15.4 Å². The van der Waals surface area contributed by atoms with Crippen molar-refractivity contribution in [3.63, 3.8) is 0 Å². The van der Waals surface area contributed by atoms with E-state index in [-0.39, 0.29) is 5.91 Å². The molecular formula is C18H17ClN2OS. The molecule has 0 spiro atoms. The van der Waals surface area contributed by atoms with Crippen LogP contribution in [-0.4, -0.2) is 10.5 Å². The Kier molecular flexibility index (Phi) is 4.13. The highest BCUT2D eigenvalue weighted by molar-refractivity contribution is 7.16. The van der Waals surface area contributed by atoms with Crippen LogP contribution in [0.3, 0.4) is 0 Å². The van der Waals surface area contributed by atoms with Gasteiger partial charge in [0.2, 0.25) is 0 Å². The molecule has 0 atom stereocenters. The summed E-state index contributed by atoms with van der Waals surface area (Å²) in [4.78, 5) is 17.6. The Labute approximate surface area is 143 Å². The molecule has 0 aliphatic carbocycles. The summed E-state index contributed by atoms with van der Waals surface area (Å²) in [5.74, 6) is -0.211. The second-order valence-corrected chi connectivity index (χ2v) is 7.19. The summed E-state index contributed by atoms with van der Waals surface area (Å²) in [7, 11) is 1.93. The van der Waals surface area contributed by atoms with Crippen molar-refractivity contribution in [2.45, 2.75) is 20.8 Å². The maximum absolute atomic E-state index is 12.6. The largest absolute Gasteiger partial charge is 0.319 e. The van der Waals surface area contributed by atoms with Gasteiger partial charge in [0.15, 0.2) is 4.80 Å². The molecule has 0 fully saturated rings. The Balaban J connectivity index is 2.18. The molecule has 118 valence electrons. The van der Waals surface area contributed by atoms with Crippen LogP contribution in [0.25, 0.3) is 10.2 Å². The SMILES string of the molecule is Cc1ccc(C)c(C(=O)N=c2sc3cc(Cl)cc(C)c3n2C)c1. The first kappa shape index (κ1) is 16.0. The summed E-state index contributed by atoms with van der Waals surface area (Å²) in [5, 5.41) is 0.698. The van der Waals surface area contributed by atoms with Crippen LogP contribution in [-0.2, 0) is 7.05 Å². The van der Waals surface area contributed by atoms with Crippen molar-refractivity contribution in [2.24, 2.45) is 12.0 Å². The molecule has 0 N–H and O–H groups in total. The van der Waals surface area contributed by atoms with Crippen LogP contribution in [0.5, 0.6) is 0 Å². The second kappa shape index (κ2) is 5.95. The number of thiazole rings is 1. The van der Waals surface area contributed by atoms with Gasteiger partial charge in [-0.25, -0.2) is 0 Å². The molecule has 1 aromatic heterocycles. The molecule has 0 aliphatic rings. The molecule has 1 amide bonds. The molecule has 3 rings (SSSR count). The number of aromatic nitrogens is 1. The number of carbonyl (C=O) groups is 1. The van der Waals surface area contributed by atoms with Crippen molar-refractivity contribution in [3.05, 3.63) is 62.4 Å². The van der Waals surface area contributed by atoms with Crippen molar-refractivity contribution in [1.29, 1.82) is 0 Å². The molecule has 0 unspecified atom stereocenters. The van der Waals surface area contributed by atoms with Crippen LogP contribution in [0.1, 0.15) is 27.0 Å². The molecule has 0 radical (unpaired) electrons. The van der Waals surface area contributed by atoms with E-state index in [4.69, 9.17) is 11.6 Å². The molecule has 0 aliphatic heterocycles. The number of amides is 1. The van der Waals surface area contributed by atoms with E-state index in [1.165, 1.54) is 11.3 Å². The predicted molar refractivity (Wildman–Crippen MR) is 96.4 cm³/mol. The number of fused-ring (bicyclic) bond motifs is 1. The van der Waals surface area contributed by atoms with Crippen LogP contribution in [0.4, 0.5) is 0 Å². The van der Waals surface area contributed by atoms with Gasteiger partial charge in [-0.05, 0) is 50.1 Å². The number of benzene rings is 2. The second-order valence-electron chi connectivity index (χ2n) is 5.75. The summed E-state index contributed by atoms with van der Waals surface area (Å²) in [6, 6.07) is 9.67. The van der Waals surface area contributed by atoms with E-state index in [1.54, 1.807) is 0 Å². The number of aryl methyl sites for hydroxylation is 4. The number of halogens is 1. The van der Waals surface area contributed by atoms with Crippen LogP contribution in [0, 0.1) is 20.8 Å². The van der Waals surface area contributed by atoms with Gasteiger partial charge in [-0.1, -0.05) is 40.6 Å². The number of rotatable bonds is 1. The van der Waals surface area contributed by atoms with Crippen molar-refractivity contribution in [1.82, 2.24) is 4.57 Å². The molecular weight excluding hydrogens is 328 g/mol. The minimum absolute atomic E-state index is 0.211.